The molecule has 0 aliphatic carbocycles. The number of hydrogen-bond donors (Lipinski definition) is 0. The molecule has 0 spiro atoms. The van der Waals surface area contributed by atoms with Gasteiger partial charge in [0.2, 0.25) is 0 Å². The quantitative estimate of drug-likeness (QED) is 0.592. The van der Waals surface area contributed by atoms with Crippen LogP contribution < -0.4 is 0 Å². The molecule has 2 aromatic rings. The summed E-state index contributed by atoms with van der Waals surface area (Å²) in [6, 6.07) is 19.6. The highest BCUT2D eigenvalue weighted by Crippen LogP contribution is 2.42. The van der Waals surface area contributed by atoms with Crippen LogP contribution in [0.2, 0.25) is 0 Å². The Morgan fingerprint density at radius 3 is 2.00 bits per heavy atom. The summed E-state index contributed by atoms with van der Waals surface area (Å²) in [7, 11) is 3.77. The third-order valence-corrected chi connectivity index (χ3v) is 6.13. The second-order valence-electron chi connectivity index (χ2n) is 6.01. The van der Waals surface area contributed by atoms with Crippen LogP contribution in [0.15, 0.2) is 59.5 Å². The SMILES string of the molecule is C[C@@H](SSc1ccc(C(C)(C)C)cc1)c1ccccc1. The maximum absolute atomic E-state index is 2.26. The molecule has 0 radical (unpaired) electrons. The molecule has 0 unspecified atom stereocenters. The first-order chi connectivity index (χ1) is 9.47. The molecule has 0 aliphatic heterocycles. The Hall–Kier alpha value is -0.860. The fraction of sp³-hybridized carbons (Fsp3) is 0.333. The van der Waals surface area contributed by atoms with Gasteiger partial charge in [0.25, 0.3) is 0 Å². The zero-order valence-electron chi connectivity index (χ0n) is 12.6. The summed E-state index contributed by atoms with van der Waals surface area (Å²) in [5.41, 5.74) is 3.01. The maximum Gasteiger partial charge on any atom is 0.0376 e. The van der Waals surface area contributed by atoms with Gasteiger partial charge in [-0.05, 0) is 35.6 Å². The third kappa shape index (κ3) is 4.32. The van der Waals surface area contributed by atoms with Crippen molar-refractivity contribution in [2.24, 2.45) is 0 Å². The van der Waals surface area contributed by atoms with E-state index in [0.29, 0.717) is 5.25 Å². The minimum atomic E-state index is 0.230. The molecule has 2 heteroatoms. The van der Waals surface area contributed by atoms with Gasteiger partial charge >= 0.3 is 0 Å². The third-order valence-electron chi connectivity index (χ3n) is 3.28. The monoisotopic (exact) mass is 302 g/mol. The van der Waals surface area contributed by atoms with Crippen molar-refractivity contribution in [2.45, 2.75) is 43.3 Å². The van der Waals surface area contributed by atoms with E-state index in [1.165, 1.54) is 16.0 Å². The molecular weight excluding hydrogens is 280 g/mol. The number of hydrogen-bond acceptors (Lipinski definition) is 2. The van der Waals surface area contributed by atoms with Crippen LogP contribution in [0.3, 0.4) is 0 Å². The summed E-state index contributed by atoms with van der Waals surface area (Å²) in [6.07, 6.45) is 0. The van der Waals surface area contributed by atoms with Crippen LogP contribution in [0.4, 0.5) is 0 Å². The maximum atomic E-state index is 2.26. The molecule has 2 rings (SSSR count). The minimum absolute atomic E-state index is 0.230. The van der Waals surface area contributed by atoms with E-state index in [0.717, 1.165) is 0 Å². The molecule has 0 bridgehead atoms. The fourth-order valence-electron chi connectivity index (χ4n) is 1.92. The Morgan fingerprint density at radius 2 is 1.45 bits per heavy atom. The van der Waals surface area contributed by atoms with Gasteiger partial charge in [0.15, 0.2) is 0 Å². The summed E-state index contributed by atoms with van der Waals surface area (Å²) in [6.45, 7) is 9.01. The Kier molecular flexibility index (Phi) is 5.22. The van der Waals surface area contributed by atoms with E-state index in [1.54, 1.807) is 0 Å². The largest absolute Gasteiger partial charge is 0.0810 e. The predicted molar refractivity (Wildman–Crippen MR) is 93.4 cm³/mol. The van der Waals surface area contributed by atoms with Crippen LogP contribution in [0.25, 0.3) is 0 Å². The van der Waals surface area contributed by atoms with Crippen molar-refractivity contribution in [2.75, 3.05) is 0 Å². The van der Waals surface area contributed by atoms with E-state index in [9.17, 15) is 0 Å². The molecule has 0 N–H and O–H groups in total. The van der Waals surface area contributed by atoms with Crippen molar-refractivity contribution in [3.05, 3.63) is 65.7 Å². The summed E-state index contributed by atoms with van der Waals surface area (Å²) in [4.78, 5) is 1.32. The highest BCUT2D eigenvalue weighted by atomic mass is 33.1. The molecule has 2 aromatic carbocycles. The lowest BCUT2D eigenvalue weighted by Gasteiger charge is -2.19. The van der Waals surface area contributed by atoms with Gasteiger partial charge in [-0.2, -0.15) is 0 Å². The van der Waals surface area contributed by atoms with Gasteiger partial charge in [-0.25, -0.2) is 0 Å². The van der Waals surface area contributed by atoms with Crippen LogP contribution >= 0.6 is 21.6 Å². The molecule has 0 nitrogen and oxygen atoms in total. The summed E-state index contributed by atoms with van der Waals surface area (Å²) in [5.74, 6) is 0. The van der Waals surface area contributed by atoms with Crippen molar-refractivity contribution in [3.63, 3.8) is 0 Å². The van der Waals surface area contributed by atoms with Crippen molar-refractivity contribution in [1.82, 2.24) is 0 Å². The Bertz CT molecular complexity index is 524. The van der Waals surface area contributed by atoms with E-state index in [-0.39, 0.29) is 5.41 Å². The van der Waals surface area contributed by atoms with Gasteiger partial charge in [-0.15, -0.1) is 0 Å². The first kappa shape index (κ1) is 15.5. The Morgan fingerprint density at radius 1 is 0.850 bits per heavy atom. The fourth-order valence-corrected chi connectivity index (χ4v) is 4.12. The van der Waals surface area contributed by atoms with Gasteiger partial charge in [0, 0.05) is 10.1 Å². The van der Waals surface area contributed by atoms with Crippen LogP contribution in [0, 0.1) is 0 Å². The first-order valence-electron chi connectivity index (χ1n) is 6.95. The zero-order chi connectivity index (χ0) is 14.6. The van der Waals surface area contributed by atoms with E-state index in [4.69, 9.17) is 0 Å². The zero-order valence-corrected chi connectivity index (χ0v) is 14.2. The minimum Gasteiger partial charge on any atom is -0.0810 e. The lowest BCUT2D eigenvalue weighted by molar-refractivity contribution is 0.590. The van der Waals surface area contributed by atoms with Gasteiger partial charge < -0.3 is 0 Å². The molecule has 0 amide bonds. The average molecular weight is 303 g/mol. The molecule has 0 aromatic heterocycles. The van der Waals surface area contributed by atoms with E-state index < -0.39 is 0 Å². The van der Waals surface area contributed by atoms with Crippen LogP contribution in [0.1, 0.15) is 44.1 Å². The number of rotatable bonds is 4. The van der Waals surface area contributed by atoms with Crippen LogP contribution in [0.5, 0.6) is 0 Å². The van der Waals surface area contributed by atoms with Crippen molar-refractivity contribution in [3.8, 4) is 0 Å². The smallest absolute Gasteiger partial charge is 0.0376 e. The molecule has 0 heterocycles. The van der Waals surface area contributed by atoms with Gasteiger partial charge in [0.05, 0.1) is 0 Å². The molecular formula is C18H22S2. The second kappa shape index (κ2) is 6.73. The topological polar surface area (TPSA) is 0 Å². The van der Waals surface area contributed by atoms with Crippen LogP contribution in [-0.4, -0.2) is 0 Å². The Balaban J connectivity index is 1.94. The normalized spacial score (nSPS) is 13.2. The molecule has 106 valence electrons. The van der Waals surface area contributed by atoms with E-state index >= 15 is 0 Å². The van der Waals surface area contributed by atoms with Crippen molar-refractivity contribution in [1.29, 1.82) is 0 Å². The van der Waals surface area contributed by atoms with Crippen LogP contribution in [-0.2, 0) is 5.41 Å². The number of benzene rings is 2. The molecule has 1 atom stereocenters. The summed E-state index contributed by atoms with van der Waals surface area (Å²) >= 11 is 0. The lowest BCUT2D eigenvalue weighted by Crippen LogP contribution is -2.10. The molecule has 0 aliphatic rings. The van der Waals surface area contributed by atoms with Crippen molar-refractivity contribution < 1.29 is 0 Å². The molecule has 0 saturated carbocycles. The molecule has 0 fully saturated rings. The average Bonchev–Trinajstić information content (AvgIpc) is 2.45. The van der Waals surface area contributed by atoms with Gasteiger partial charge in [-0.3, -0.25) is 0 Å². The second-order valence-corrected chi connectivity index (χ2v) is 8.62. The van der Waals surface area contributed by atoms with E-state index in [1.807, 2.05) is 21.6 Å². The summed E-state index contributed by atoms with van der Waals surface area (Å²) in [5, 5.41) is 0.503. The van der Waals surface area contributed by atoms with Gasteiger partial charge in [-0.1, -0.05) is 84.8 Å². The van der Waals surface area contributed by atoms with E-state index in [2.05, 4.69) is 82.3 Å². The highest BCUT2D eigenvalue weighted by Gasteiger charge is 2.13. The molecule has 20 heavy (non-hydrogen) atoms. The molecule has 0 saturated heterocycles. The standard InChI is InChI=1S/C18H22S2/c1-14(15-8-6-5-7-9-15)19-20-17-12-10-16(11-13-17)18(2,3)4/h5-14H,1-4H3/t14-/m1/s1. The first-order valence-corrected chi connectivity index (χ1v) is 9.17. The van der Waals surface area contributed by atoms with Crippen molar-refractivity contribution >= 4 is 21.6 Å². The summed E-state index contributed by atoms with van der Waals surface area (Å²) < 4.78 is 0. The lowest BCUT2D eigenvalue weighted by atomic mass is 9.87. The highest BCUT2D eigenvalue weighted by molar-refractivity contribution is 8.76. The van der Waals surface area contributed by atoms with Gasteiger partial charge in [0.1, 0.15) is 0 Å². The Labute approximate surface area is 130 Å². The predicted octanol–water partition coefficient (Wildman–Crippen LogP) is 6.49.